The van der Waals surface area contributed by atoms with Crippen LogP contribution in [0.25, 0.3) is 11.4 Å². The third-order valence-corrected chi connectivity index (χ3v) is 8.96. The standard InChI is InChI=1S/C24H25N5O4S/c25-20-14-19(24(12-13-24)34(32,33)18-4-2-1-3-5-18)27-21(28-20)16-6-8-17(9-7-16)26-22(31)29-23(15-30)10-11-23/h1-9,14,30H,10-13,15H2,(H2,25,27,28)(H2,26,29,31). The van der Waals surface area contributed by atoms with Gasteiger partial charge in [0, 0.05) is 17.3 Å². The van der Waals surface area contributed by atoms with Crippen LogP contribution in [-0.2, 0) is 14.6 Å². The quantitative estimate of drug-likeness (QED) is 0.407. The van der Waals surface area contributed by atoms with Crippen molar-refractivity contribution in [1.82, 2.24) is 15.3 Å². The number of aromatic nitrogens is 2. The lowest BCUT2D eigenvalue weighted by Crippen LogP contribution is -2.42. The number of amides is 2. The maximum absolute atomic E-state index is 13.4. The summed E-state index contributed by atoms with van der Waals surface area (Å²) in [6, 6.07) is 16.4. The van der Waals surface area contributed by atoms with E-state index in [4.69, 9.17) is 5.73 Å². The zero-order valence-corrected chi connectivity index (χ0v) is 19.2. The highest BCUT2D eigenvalue weighted by Gasteiger charge is 2.57. The molecule has 0 bridgehead atoms. The lowest BCUT2D eigenvalue weighted by atomic mass is 10.1. The molecule has 0 atom stereocenters. The summed E-state index contributed by atoms with van der Waals surface area (Å²) >= 11 is 0. The first-order valence-corrected chi connectivity index (χ1v) is 12.5. The van der Waals surface area contributed by atoms with E-state index in [1.165, 1.54) is 6.07 Å². The van der Waals surface area contributed by atoms with Crippen LogP contribution in [0.15, 0.2) is 65.6 Å². The minimum Gasteiger partial charge on any atom is -0.394 e. The molecule has 1 aromatic heterocycles. The molecule has 9 nitrogen and oxygen atoms in total. The predicted octanol–water partition coefficient (Wildman–Crippen LogP) is 2.84. The van der Waals surface area contributed by atoms with Crippen molar-refractivity contribution >= 4 is 27.4 Å². The van der Waals surface area contributed by atoms with Gasteiger partial charge in [0.2, 0.25) is 0 Å². The third-order valence-electron chi connectivity index (χ3n) is 6.42. The van der Waals surface area contributed by atoms with Crippen LogP contribution in [0.4, 0.5) is 16.3 Å². The van der Waals surface area contributed by atoms with Crippen molar-refractivity contribution in [2.45, 2.75) is 40.9 Å². The molecule has 2 aromatic carbocycles. The van der Waals surface area contributed by atoms with E-state index in [-0.39, 0.29) is 23.4 Å². The van der Waals surface area contributed by atoms with Crippen LogP contribution in [0.5, 0.6) is 0 Å². The summed E-state index contributed by atoms with van der Waals surface area (Å²) in [5.41, 5.74) is 7.13. The Balaban J connectivity index is 1.39. The molecule has 2 saturated carbocycles. The van der Waals surface area contributed by atoms with E-state index in [1.54, 1.807) is 54.6 Å². The average molecular weight is 480 g/mol. The Bertz CT molecular complexity index is 1340. The van der Waals surface area contributed by atoms with Crippen molar-refractivity contribution in [2.24, 2.45) is 0 Å². The SMILES string of the molecule is Nc1cc(C2(S(=O)(=O)c3ccccc3)CC2)nc(-c2ccc(NC(=O)NC3(CO)CC3)cc2)n1. The maximum atomic E-state index is 13.4. The van der Waals surface area contributed by atoms with Crippen molar-refractivity contribution < 1.29 is 18.3 Å². The lowest BCUT2D eigenvalue weighted by molar-refractivity contribution is 0.217. The number of carbonyl (C=O) groups excluding carboxylic acids is 1. The summed E-state index contributed by atoms with van der Waals surface area (Å²) in [7, 11) is -3.65. The lowest BCUT2D eigenvalue weighted by Gasteiger charge is -2.17. The molecule has 0 saturated heterocycles. The van der Waals surface area contributed by atoms with Crippen LogP contribution in [0.3, 0.4) is 0 Å². The molecular weight excluding hydrogens is 454 g/mol. The second-order valence-electron chi connectivity index (χ2n) is 8.91. The van der Waals surface area contributed by atoms with Gasteiger partial charge in [0.1, 0.15) is 10.6 Å². The fourth-order valence-corrected chi connectivity index (χ4v) is 6.00. The molecule has 10 heteroatoms. The van der Waals surface area contributed by atoms with Crippen LogP contribution in [0.1, 0.15) is 31.4 Å². The Morgan fingerprint density at radius 1 is 1.00 bits per heavy atom. The molecule has 5 N–H and O–H groups in total. The Morgan fingerprint density at radius 2 is 1.68 bits per heavy atom. The molecule has 2 fully saturated rings. The van der Waals surface area contributed by atoms with Gasteiger partial charge in [-0.1, -0.05) is 18.2 Å². The van der Waals surface area contributed by atoms with Gasteiger partial charge in [0.25, 0.3) is 0 Å². The van der Waals surface area contributed by atoms with Crippen molar-refractivity contribution in [1.29, 1.82) is 0 Å². The number of sulfone groups is 1. The number of hydrogen-bond acceptors (Lipinski definition) is 7. The van der Waals surface area contributed by atoms with E-state index in [9.17, 15) is 18.3 Å². The molecule has 0 unspecified atom stereocenters. The van der Waals surface area contributed by atoms with E-state index in [0.717, 1.165) is 12.8 Å². The molecule has 1 heterocycles. The molecule has 2 aliphatic carbocycles. The summed E-state index contributed by atoms with van der Waals surface area (Å²) in [5.74, 6) is 0.507. The van der Waals surface area contributed by atoms with Crippen molar-refractivity contribution in [3.63, 3.8) is 0 Å². The second-order valence-corrected chi connectivity index (χ2v) is 11.2. The van der Waals surface area contributed by atoms with Crippen molar-refractivity contribution in [3.05, 3.63) is 66.4 Å². The number of carbonyl (C=O) groups is 1. The summed E-state index contributed by atoms with van der Waals surface area (Å²) in [6.07, 6.45) is 2.44. The number of urea groups is 1. The van der Waals surface area contributed by atoms with Gasteiger partial charge in [0.05, 0.1) is 22.7 Å². The van der Waals surface area contributed by atoms with Gasteiger partial charge in [-0.05, 0) is 62.1 Å². The van der Waals surface area contributed by atoms with Gasteiger partial charge in [-0.25, -0.2) is 23.2 Å². The number of benzene rings is 2. The fraction of sp³-hybridized carbons (Fsp3) is 0.292. The van der Waals surface area contributed by atoms with Crippen LogP contribution in [-0.4, -0.2) is 41.7 Å². The van der Waals surface area contributed by atoms with E-state index < -0.39 is 20.1 Å². The monoisotopic (exact) mass is 479 g/mol. The number of nitrogens with two attached hydrogens (primary N) is 1. The highest BCUT2D eigenvalue weighted by molar-refractivity contribution is 7.92. The van der Waals surface area contributed by atoms with E-state index in [1.807, 2.05) is 0 Å². The molecule has 0 spiro atoms. The Labute approximate surface area is 197 Å². The summed E-state index contributed by atoms with van der Waals surface area (Å²) in [4.78, 5) is 21.3. The Kier molecular flexibility index (Phi) is 5.29. The first kappa shape index (κ1) is 22.3. The Morgan fingerprint density at radius 3 is 2.26 bits per heavy atom. The number of aliphatic hydroxyl groups is 1. The predicted molar refractivity (Wildman–Crippen MR) is 128 cm³/mol. The first-order chi connectivity index (χ1) is 16.3. The summed E-state index contributed by atoms with van der Waals surface area (Å²) < 4.78 is 25.7. The van der Waals surface area contributed by atoms with E-state index in [0.29, 0.717) is 35.6 Å². The van der Waals surface area contributed by atoms with Gasteiger partial charge in [-0.15, -0.1) is 0 Å². The zero-order chi connectivity index (χ0) is 24.0. The number of rotatable bonds is 7. The number of nitrogens with one attached hydrogen (secondary N) is 2. The average Bonchev–Trinajstić information content (AvgIpc) is 3.75. The Hall–Kier alpha value is -3.50. The molecule has 34 heavy (non-hydrogen) atoms. The first-order valence-electron chi connectivity index (χ1n) is 11.0. The summed E-state index contributed by atoms with van der Waals surface area (Å²) in [5, 5.41) is 14.9. The molecule has 176 valence electrons. The number of nitrogens with zero attached hydrogens (tertiary/aromatic N) is 2. The molecule has 0 radical (unpaired) electrons. The van der Waals surface area contributed by atoms with Crippen LogP contribution < -0.4 is 16.4 Å². The summed E-state index contributed by atoms with van der Waals surface area (Å²) in [6.45, 7) is -0.0874. The van der Waals surface area contributed by atoms with Crippen LogP contribution in [0.2, 0.25) is 0 Å². The zero-order valence-electron chi connectivity index (χ0n) is 18.4. The molecule has 3 aromatic rings. The molecular formula is C24H25N5O4S. The topological polar surface area (TPSA) is 147 Å². The number of hydrogen-bond donors (Lipinski definition) is 4. The molecule has 2 aliphatic rings. The van der Waals surface area contributed by atoms with Gasteiger partial charge in [-0.3, -0.25) is 0 Å². The van der Waals surface area contributed by atoms with Gasteiger partial charge in [0.15, 0.2) is 15.7 Å². The second kappa shape index (κ2) is 8.07. The number of anilines is 2. The van der Waals surface area contributed by atoms with Gasteiger partial charge in [-0.2, -0.15) is 0 Å². The number of aliphatic hydroxyl groups excluding tert-OH is 1. The third kappa shape index (κ3) is 3.99. The molecule has 2 amide bonds. The highest BCUT2D eigenvalue weighted by Crippen LogP contribution is 2.54. The van der Waals surface area contributed by atoms with Crippen molar-refractivity contribution in [3.8, 4) is 11.4 Å². The minimum atomic E-state index is -3.65. The fourth-order valence-electron chi connectivity index (χ4n) is 4.01. The molecule has 5 rings (SSSR count). The minimum absolute atomic E-state index is 0.0874. The maximum Gasteiger partial charge on any atom is 0.319 e. The van der Waals surface area contributed by atoms with Gasteiger partial charge >= 0.3 is 6.03 Å². The van der Waals surface area contributed by atoms with E-state index >= 15 is 0 Å². The van der Waals surface area contributed by atoms with Crippen LogP contribution in [0, 0.1) is 0 Å². The smallest absolute Gasteiger partial charge is 0.319 e. The highest BCUT2D eigenvalue weighted by atomic mass is 32.2. The van der Waals surface area contributed by atoms with Gasteiger partial charge < -0.3 is 21.5 Å². The normalized spacial score (nSPS) is 17.6. The van der Waals surface area contributed by atoms with Crippen molar-refractivity contribution in [2.75, 3.05) is 17.7 Å². The van der Waals surface area contributed by atoms with Crippen LogP contribution >= 0.6 is 0 Å². The number of nitrogen functional groups attached to an aromatic ring is 1. The molecule has 0 aliphatic heterocycles. The van der Waals surface area contributed by atoms with E-state index in [2.05, 4.69) is 20.6 Å². The largest absolute Gasteiger partial charge is 0.394 e.